The topological polar surface area (TPSA) is 55.8 Å². The first kappa shape index (κ1) is 19.4. The van der Waals surface area contributed by atoms with Crippen LogP contribution in [0.2, 0.25) is 0 Å². The normalized spacial score (nSPS) is 12.3. The Morgan fingerprint density at radius 3 is 1.90 bits per heavy atom. The molecule has 4 heteroatoms. The van der Waals surface area contributed by atoms with Crippen LogP contribution in [0.15, 0.2) is 0 Å². The summed E-state index contributed by atoms with van der Waals surface area (Å²) < 4.78 is 9.82. The number of aliphatic hydroxyl groups excluding tert-OH is 1. The molecule has 0 aliphatic rings. The van der Waals surface area contributed by atoms with E-state index < -0.39 is 12.1 Å². The molecule has 0 heterocycles. The van der Waals surface area contributed by atoms with Crippen LogP contribution in [0.4, 0.5) is 0 Å². The molecule has 0 amide bonds. The monoisotopic (exact) mass is 288 g/mol. The van der Waals surface area contributed by atoms with E-state index in [0.717, 1.165) is 12.8 Å². The maximum atomic E-state index is 11.1. The van der Waals surface area contributed by atoms with Crippen LogP contribution in [0.1, 0.15) is 71.1 Å². The smallest absolute Gasteiger partial charge is 0.337 e. The summed E-state index contributed by atoms with van der Waals surface area (Å²) >= 11 is 0. The Labute approximate surface area is 123 Å². The van der Waals surface area contributed by atoms with Crippen LogP contribution in [-0.4, -0.2) is 37.5 Å². The van der Waals surface area contributed by atoms with Crippen LogP contribution in [-0.2, 0) is 14.3 Å². The summed E-state index contributed by atoms with van der Waals surface area (Å²) in [6, 6.07) is 0. The lowest BCUT2D eigenvalue weighted by Gasteiger charge is -2.12. The third-order valence-electron chi connectivity index (χ3n) is 3.45. The van der Waals surface area contributed by atoms with Crippen LogP contribution in [0, 0.1) is 0 Å². The van der Waals surface area contributed by atoms with Gasteiger partial charge in [-0.15, -0.1) is 0 Å². The van der Waals surface area contributed by atoms with Crippen molar-refractivity contribution >= 4 is 5.97 Å². The molecule has 4 nitrogen and oxygen atoms in total. The minimum Gasteiger partial charge on any atom is -0.467 e. The molecule has 0 aromatic carbocycles. The lowest BCUT2D eigenvalue weighted by Crippen LogP contribution is -2.29. The third-order valence-corrected chi connectivity index (χ3v) is 3.45. The van der Waals surface area contributed by atoms with Gasteiger partial charge in [0.2, 0.25) is 0 Å². The van der Waals surface area contributed by atoms with Gasteiger partial charge in [0.05, 0.1) is 13.7 Å². The highest BCUT2D eigenvalue weighted by Crippen LogP contribution is 2.10. The highest BCUT2D eigenvalue weighted by molar-refractivity contribution is 5.74. The zero-order chi connectivity index (χ0) is 15.1. The van der Waals surface area contributed by atoms with Crippen LogP contribution in [0.3, 0.4) is 0 Å². The SMILES string of the molecule is CCCCCCCCCCCCOC(CO)C(=O)OC. The summed E-state index contributed by atoms with van der Waals surface area (Å²) in [6.45, 7) is 2.44. The standard InChI is InChI=1S/C16H32O4/c1-3-4-5-6-7-8-9-10-11-12-13-20-15(14-17)16(18)19-2/h15,17H,3-14H2,1-2H3. The number of rotatable bonds is 14. The van der Waals surface area contributed by atoms with E-state index in [0.29, 0.717) is 6.61 Å². The summed E-state index contributed by atoms with van der Waals surface area (Å²) in [5, 5.41) is 8.96. The molecule has 0 spiro atoms. The Kier molecular flexibility index (Phi) is 14.3. The van der Waals surface area contributed by atoms with E-state index in [1.807, 2.05) is 0 Å². The number of hydrogen-bond acceptors (Lipinski definition) is 4. The fraction of sp³-hybridized carbons (Fsp3) is 0.938. The van der Waals surface area contributed by atoms with E-state index in [1.165, 1.54) is 58.5 Å². The summed E-state index contributed by atoms with van der Waals surface area (Å²) in [7, 11) is 1.30. The highest BCUT2D eigenvalue weighted by Gasteiger charge is 2.17. The Hall–Kier alpha value is -0.610. The van der Waals surface area contributed by atoms with Crippen LogP contribution in [0.5, 0.6) is 0 Å². The third kappa shape index (κ3) is 11.2. The van der Waals surface area contributed by atoms with Crippen molar-refractivity contribution in [3.8, 4) is 0 Å². The molecular weight excluding hydrogens is 256 g/mol. The second-order valence-electron chi connectivity index (χ2n) is 5.25. The molecule has 20 heavy (non-hydrogen) atoms. The van der Waals surface area contributed by atoms with Gasteiger partial charge >= 0.3 is 5.97 Å². The van der Waals surface area contributed by atoms with E-state index in [2.05, 4.69) is 11.7 Å². The molecule has 0 fully saturated rings. The quantitative estimate of drug-likeness (QED) is 0.393. The van der Waals surface area contributed by atoms with Crippen molar-refractivity contribution < 1.29 is 19.4 Å². The minimum absolute atomic E-state index is 0.315. The Bertz CT molecular complexity index is 219. The second-order valence-corrected chi connectivity index (χ2v) is 5.25. The molecule has 0 saturated carbocycles. The maximum Gasteiger partial charge on any atom is 0.337 e. The predicted molar refractivity (Wildman–Crippen MR) is 80.7 cm³/mol. The van der Waals surface area contributed by atoms with Crippen molar-refractivity contribution in [3.05, 3.63) is 0 Å². The zero-order valence-corrected chi connectivity index (χ0v) is 13.2. The average molecular weight is 288 g/mol. The van der Waals surface area contributed by atoms with E-state index in [-0.39, 0.29) is 6.61 Å². The van der Waals surface area contributed by atoms with Gasteiger partial charge in [-0.2, -0.15) is 0 Å². The lowest BCUT2D eigenvalue weighted by molar-refractivity contribution is -0.156. The van der Waals surface area contributed by atoms with E-state index in [4.69, 9.17) is 9.84 Å². The number of carbonyl (C=O) groups is 1. The fourth-order valence-corrected chi connectivity index (χ4v) is 2.14. The molecule has 0 aromatic heterocycles. The molecule has 0 rings (SSSR count). The first-order valence-corrected chi connectivity index (χ1v) is 8.06. The Balaban J connectivity index is 3.25. The number of hydrogen-bond donors (Lipinski definition) is 1. The molecule has 1 N–H and O–H groups in total. The van der Waals surface area contributed by atoms with Gasteiger partial charge in [-0.05, 0) is 6.42 Å². The van der Waals surface area contributed by atoms with Gasteiger partial charge in [0.25, 0.3) is 0 Å². The van der Waals surface area contributed by atoms with Crippen molar-refractivity contribution in [1.29, 1.82) is 0 Å². The van der Waals surface area contributed by atoms with Crippen LogP contribution in [0.25, 0.3) is 0 Å². The van der Waals surface area contributed by atoms with E-state index in [9.17, 15) is 4.79 Å². The summed E-state index contributed by atoms with van der Waals surface area (Å²) in [4.78, 5) is 11.1. The highest BCUT2D eigenvalue weighted by atomic mass is 16.6. The van der Waals surface area contributed by atoms with Gasteiger partial charge in [-0.25, -0.2) is 4.79 Å². The lowest BCUT2D eigenvalue weighted by atomic mass is 10.1. The average Bonchev–Trinajstić information content (AvgIpc) is 2.48. The minimum atomic E-state index is -0.821. The number of aliphatic hydroxyl groups is 1. The largest absolute Gasteiger partial charge is 0.467 e. The summed E-state index contributed by atoms with van der Waals surface area (Å²) in [5.74, 6) is -0.500. The van der Waals surface area contributed by atoms with Crippen molar-refractivity contribution in [2.45, 2.75) is 77.2 Å². The fourth-order valence-electron chi connectivity index (χ4n) is 2.14. The molecule has 0 radical (unpaired) electrons. The first-order valence-electron chi connectivity index (χ1n) is 8.06. The van der Waals surface area contributed by atoms with Crippen molar-refractivity contribution in [3.63, 3.8) is 0 Å². The van der Waals surface area contributed by atoms with E-state index in [1.54, 1.807) is 0 Å². The molecular formula is C16H32O4. The van der Waals surface area contributed by atoms with Gasteiger partial charge in [-0.1, -0.05) is 64.7 Å². The molecule has 0 bridgehead atoms. The molecule has 1 atom stereocenters. The summed E-state index contributed by atoms with van der Waals surface area (Å²) in [6.07, 6.45) is 11.8. The Morgan fingerprint density at radius 1 is 0.950 bits per heavy atom. The molecule has 0 saturated heterocycles. The molecule has 0 aliphatic heterocycles. The number of carbonyl (C=O) groups excluding carboxylic acids is 1. The van der Waals surface area contributed by atoms with Crippen molar-refractivity contribution in [1.82, 2.24) is 0 Å². The van der Waals surface area contributed by atoms with Gasteiger partial charge in [-0.3, -0.25) is 0 Å². The number of unbranched alkanes of at least 4 members (excludes halogenated alkanes) is 9. The van der Waals surface area contributed by atoms with Crippen molar-refractivity contribution in [2.24, 2.45) is 0 Å². The van der Waals surface area contributed by atoms with Crippen LogP contribution >= 0.6 is 0 Å². The second kappa shape index (κ2) is 14.8. The molecule has 120 valence electrons. The number of methoxy groups -OCH3 is 1. The van der Waals surface area contributed by atoms with Crippen LogP contribution < -0.4 is 0 Å². The first-order chi connectivity index (χ1) is 9.76. The Morgan fingerprint density at radius 2 is 1.45 bits per heavy atom. The maximum absolute atomic E-state index is 11.1. The molecule has 0 aromatic rings. The van der Waals surface area contributed by atoms with E-state index >= 15 is 0 Å². The zero-order valence-electron chi connectivity index (χ0n) is 13.2. The predicted octanol–water partition coefficient (Wildman–Crippen LogP) is 3.46. The van der Waals surface area contributed by atoms with Gasteiger partial charge in [0.1, 0.15) is 0 Å². The number of ether oxygens (including phenoxy) is 2. The number of esters is 1. The van der Waals surface area contributed by atoms with Gasteiger partial charge in [0, 0.05) is 6.61 Å². The van der Waals surface area contributed by atoms with Crippen molar-refractivity contribution in [2.75, 3.05) is 20.3 Å². The van der Waals surface area contributed by atoms with Gasteiger partial charge < -0.3 is 14.6 Å². The molecule has 0 aliphatic carbocycles. The molecule has 1 unspecified atom stereocenters. The van der Waals surface area contributed by atoms with Gasteiger partial charge in [0.15, 0.2) is 6.10 Å². The summed E-state index contributed by atoms with van der Waals surface area (Å²) in [5.41, 5.74) is 0.